The number of halogens is 1. The molecule has 2 aromatic rings. The molecule has 3 nitrogen and oxygen atoms in total. The van der Waals surface area contributed by atoms with Crippen molar-refractivity contribution in [2.24, 2.45) is 0 Å². The van der Waals surface area contributed by atoms with Crippen LogP contribution in [0.5, 0.6) is 11.5 Å². The lowest BCUT2D eigenvalue weighted by Gasteiger charge is -2.18. The molecule has 2 aromatic carbocycles. The van der Waals surface area contributed by atoms with Gasteiger partial charge in [0.2, 0.25) is 6.79 Å². The van der Waals surface area contributed by atoms with Gasteiger partial charge in [-0.1, -0.05) is 49.7 Å². The van der Waals surface area contributed by atoms with Gasteiger partial charge in [-0.05, 0) is 36.1 Å². The average Bonchev–Trinajstić information content (AvgIpc) is 3.01. The standard InChI is InChI=1S/C19H23NO2.ClH/c1-2-6-17(20-13-15-7-4-3-5-8-15)11-16-9-10-18-19(12-16)22-14-21-18;/h3-5,7-10,12,17,20H,2,6,11,13-14H2,1H3;1H. The summed E-state index contributed by atoms with van der Waals surface area (Å²) in [6.07, 6.45) is 3.36. The second kappa shape index (κ2) is 8.80. The van der Waals surface area contributed by atoms with Crippen molar-refractivity contribution in [2.45, 2.75) is 38.8 Å². The Kier molecular flexibility index (Phi) is 6.75. The molecule has 1 unspecified atom stereocenters. The van der Waals surface area contributed by atoms with Crippen LogP contribution in [0.3, 0.4) is 0 Å². The first kappa shape index (κ1) is 17.6. The highest BCUT2D eigenvalue weighted by atomic mass is 35.5. The molecule has 0 fully saturated rings. The van der Waals surface area contributed by atoms with Gasteiger partial charge in [0.1, 0.15) is 0 Å². The van der Waals surface area contributed by atoms with Crippen molar-refractivity contribution in [1.29, 1.82) is 0 Å². The van der Waals surface area contributed by atoms with E-state index in [-0.39, 0.29) is 12.4 Å². The maximum absolute atomic E-state index is 5.47. The van der Waals surface area contributed by atoms with Crippen LogP contribution in [0.2, 0.25) is 0 Å². The first-order chi connectivity index (χ1) is 10.8. The maximum atomic E-state index is 5.47. The number of nitrogens with one attached hydrogen (secondary N) is 1. The van der Waals surface area contributed by atoms with Crippen molar-refractivity contribution in [1.82, 2.24) is 5.32 Å². The first-order valence-electron chi connectivity index (χ1n) is 8.01. The molecule has 0 saturated carbocycles. The van der Waals surface area contributed by atoms with E-state index < -0.39 is 0 Å². The van der Waals surface area contributed by atoms with Gasteiger partial charge in [0.05, 0.1) is 0 Å². The van der Waals surface area contributed by atoms with Crippen molar-refractivity contribution < 1.29 is 9.47 Å². The summed E-state index contributed by atoms with van der Waals surface area (Å²) in [5.41, 5.74) is 2.62. The van der Waals surface area contributed by atoms with Crippen LogP contribution >= 0.6 is 12.4 Å². The van der Waals surface area contributed by atoms with E-state index in [2.05, 4.69) is 54.7 Å². The summed E-state index contributed by atoms with van der Waals surface area (Å²) in [6, 6.07) is 17.3. The largest absolute Gasteiger partial charge is 0.454 e. The van der Waals surface area contributed by atoms with Crippen molar-refractivity contribution in [2.75, 3.05) is 6.79 Å². The molecule has 124 valence electrons. The van der Waals surface area contributed by atoms with Crippen molar-refractivity contribution in [3.8, 4) is 11.5 Å². The second-order valence-electron chi connectivity index (χ2n) is 5.74. The molecule has 1 heterocycles. The lowest BCUT2D eigenvalue weighted by atomic mass is 10.0. The van der Waals surface area contributed by atoms with Gasteiger partial charge < -0.3 is 14.8 Å². The molecule has 0 saturated heterocycles. The van der Waals surface area contributed by atoms with Crippen LogP contribution in [0.15, 0.2) is 48.5 Å². The Hall–Kier alpha value is -1.71. The number of ether oxygens (including phenoxy) is 2. The minimum atomic E-state index is 0. The zero-order chi connectivity index (χ0) is 15.2. The zero-order valence-electron chi connectivity index (χ0n) is 13.5. The number of hydrogen-bond acceptors (Lipinski definition) is 3. The van der Waals surface area contributed by atoms with Crippen molar-refractivity contribution in [3.05, 3.63) is 59.7 Å². The second-order valence-corrected chi connectivity index (χ2v) is 5.74. The van der Waals surface area contributed by atoms with Crippen LogP contribution in [-0.2, 0) is 13.0 Å². The average molecular weight is 334 g/mol. The highest BCUT2D eigenvalue weighted by Gasteiger charge is 2.15. The highest BCUT2D eigenvalue weighted by Crippen LogP contribution is 2.32. The predicted octanol–water partition coefficient (Wildman–Crippen LogP) is 4.34. The van der Waals surface area contributed by atoms with Gasteiger partial charge in [-0.15, -0.1) is 12.4 Å². The summed E-state index contributed by atoms with van der Waals surface area (Å²) in [6.45, 7) is 3.48. The molecule has 1 N–H and O–H groups in total. The number of hydrogen-bond donors (Lipinski definition) is 1. The monoisotopic (exact) mass is 333 g/mol. The molecular formula is C19H24ClNO2. The van der Waals surface area contributed by atoms with Gasteiger partial charge in [-0.3, -0.25) is 0 Å². The van der Waals surface area contributed by atoms with Crippen LogP contribution in [0.4, 0.5) is 0 Å². The van der Waals surface area contributed by atoms with Crippen LogP contribution in [0.1, 0.15) is 30.9 Å². The Morgan fingerprint density at radius 1 is 1.00 bits per heavy atom. The van der Waals surface area contributed by atoms with E-state index in [1.807, 2.05) is 6.07 Å². The molecule has 3 rings (SSSR count). The molecule has 0 aliphatic carbocycles. The molecule has 0 radical (unpaired) electrons. The normalized spacial score (nSPS) is 13.4. The van der Waals surface area contributed by atoms with E-state index in [0.717, 1.165) is 24.5 Å². The lowest BCUT2D eigenvalue weighted by Crippen LogP contribution is -2.30. The van der Waals surface area contributed by atoms with Gasteiger partial charge >= 0.3 is 0 Å². The van der Waals surface area contributed by atoms with Crippen molar-refractivity contribution >= 4 is 12.4 Å². The van der Waals surface area contributed by atoms with Crippen LogP contribution in [-0.4, -0.2) is 12.8 Å². The summed E-state index contributed by atoms with van der Waals surface area (Å²) in [5.74, 6) is 1.73. The quantitative estimate of drug-likeness (QED) is 0.817. The number of fused-ring (bicyclic) bond motifs is 1. The lowest BCUT2D eigenvalue weighted by molar-refractivity contribution is 0.174. The third-order valence-corrected chi connectivity index (χ3v) is 3.99. The third-order valence-electron chi connectivity index (χ3n) is 3.99. The molecular weight excluding hydrogens is 310 g/mol. The van der Waals surface area contributed by atoms with Gasteiger partial charge in [0, 0.05) is 12.6 Å². The summed E-state index contributed by atoms with van der Waals surface area (Å²) in [7, 11) is 0. The molecule has 4 heteroatoms. The Bertz CT molecular complexity index is 604. The minimum absolute atomic E-state index is 0. The van der Waals surface area contributed by atoms with E-state index in [9.17, 15) is 0 Å². The van der Waals surface area contributed by atoms with E-state index in [1.165, 1.54) is 24.0 Å². The van der Waals surface area contributed by atoms with E-state index in [4.69, 9.17) is 9.47 Å². The van der Waals surface area contributed by atoms with Crippen molar-refractivity contribution in [3.63, 3.8) is 0 Å². The van der Waals surface area contributed by atoms with Crippen LogP contribution in [0, 0.1) is 0 Å². The SMILES string of the molecule is CCCC(Cc1ccc2c(c1)OCO2)NCc1ccccc1.Cl. The Morgan fingerprint density at radius 3 is 2.57 bits per heavy atom. The van der Waals surface area contributed by atoms with Gasteiger partial charge in [0.25, 0.3) is 0 Å². The fourth-order valence-corrected chi connectivity index (χ4v) is 2.84. The fourth-order valence-electron chi connectivity index (χ4n) is 2.84. The molecule has 0 spiro atoms. The Balaban J connectivity index is 0.00000192. The molecule has 1 aliphatic rings. The molecule has 1 atom stereocenters. The molecule has 1 aliphatic heterocycles. The maximum Gasteiger partial charge on any atom is 0.231 e. The first-order valence-corrected chi connectivity index (χ1v) is 8.01. The van der Waals surface area contributed by atoms with Crippen LogP contribution < -0.4 is 14.8 Å². The summed E-state index contributed by atoms with van der Waals surface area (Å²) in [4.78, 5) is 0. The zero-order valence-corrected chi connectivity index (χ0v) is 14.3. The topological polar surface area (TPSA) is 30.5 Å². The van der Waals surface area contributed by atoms with Gasteiger partial charge in [-0.2, -0.15) is 0 Å². The molecule has 0 aromatic heterocycles. The van der Waals surface area contributed by atoms with E-state index >= 15 is 0 Å². The van der Waals surface area contributed by atoms with Crippen LogP contribution in [0.25, 0.3) is 0 Å². The molecule has 0 amide bonds. The molecule has 23 heavy (non-hydrogen) atoms. The Labute approximate surface area is 144 Å². The highest BCUT2D eigenvalue weighted by molar-refractivity contribution is 5.85. The third kappa shape index (κ3) is 4.88. The van der Waals surface area contributed by atoms with Gasteiger partial charge in [0.15, 0.2) is 11.5 Å². The number of benzene rings is 2. The summed E-state index contributed by atoms with van der Waals surface area (Å²) < 4.78 is 10.8. The summed E-state index contributed by atoms with van der Waals surface area (Å²) >= 11 is 0. The summed E-state index contributed by atoms with van der Waals surface area (Å²) in [5, 5.41) is 3.68. The predicted molar refractivity (Wildman–Crippen MR) is 95.5 cm³/mol. The smallest absolute Gasteiger partial charge is 0.231 e. The Morgan fingerprint density at radius 2 is 1.78 bits per heavy atom. The minimum Gasteiger partial charge on any atom is -0.454 e. The van der Waals surface area contributed by atoms with Gasteiger partial charge in [-0.25, -0.2) is 0 Å². The van der Waals surface area contributed by atoms with E-state index in [1.54, 1.807) is 0 Å². The number of rotatable bonds is 7. The molecule has 0 bridgehead atoms. The fraction of sp³-hybridized carbons (Fsp3) is 0.368. The van der Waals surface area contributed by atoms with E-state index in [0.29, 0.717) is 12.8 Å².